The number of hydrogen-bond acceptors (Lipinski definition) is 3. The molecule has 1 heterocycles. The lowest BCUT2D eigenvalue weighted by atomic mass is 10.1. The van der Waals surface area contributed by atoms with Crippen LogP contribution < -0.4 is 4.74 Å². The molecule has 1 aliphatic heterocycles. The van der Waals surface area contributed by atoms with Crippen molar-refractivity contribution in [2.75, 3.05) is 0 Å². The van der Waals surface area contributed by atoms with Crippen LogP contribution in [0, 0.1) is 0 Å². The Kier molecular flexibility index (Phi) is 1.86. The van der Waals surface area contributed by atoms with Gasteiger partial charge in [-0.25, -0.2) is 4.79 Å². The van der Waals surface area contributed by atoms with Gasteiger partial charge in [-0.2, -0.15) is 0 Å². The van der Waals surface area contributed by atoms with Crippen LogP contribution in [0.4, 0.5) is 0 Å². The molecule has 16 heavy (non-hydrogen) atoms. The number of hydrogen-bond donors (Lipinski definition) is 0. The van der Waals surface area contributed by atoms with Crippen molar-refractivity contribution >= 4 is 16.7 Å². The molecule has 80 valence electrons. The maximum absolute atomic E-state index is 11.6. The molecule has 1 aliphatic rings. The maximum Gasteiger partial charge on any atom is 0.345 e. The van der Waals surface area contributed by atoms with E-state index in [9.17, 15) is 4.79 Å². The van der Waals surface area contributed by atoms with E-state index in [1.54, 1.807) is 13.0 Å². The average molecular weight is 214 g/mol. The van der Waals surface area contributed by atoms with E-state index in [2.05, 4.69) is 0 Å². The Hall–Kier alpha value is -2.03. The van der Waals surface area contributed by atoms with Crippen LogP contribution in [0.2, 0.25) is 0 Å². The molecule has 1 unspecified atom stereocenters. The molecule has 3 heteroatoms. The van der Waals surface area contributed by atoms with Gasteiger partial charge in [-0.1, -0.05) is 24.3 Å². The summed E-state index contributed by atoms with van der Waals surface area (Å²) in [5.74, 6) is 0.280. The van der Waals surface area contributed by atoms with Crippen LogP contribution in [0.3, 0.4) is 0 Å². The Morgan fingerprint density at radius 3 is 2.50 bits per heavy atom. The fourth-order valence-corrected chi connectivity index (χ4v) is 1.89. The summed E-state index contributed by atoms with van der Waals surface area (Å²) in [6.07, 6.45) is -0.513. The van der Waals surface area contributed by atoms with Crippen LogP contribution in [0.5, 0.6) is 5.75 Å². The number of cyclic esters (lactones) is 1. The van der Waals surface area contributed by atoms with Crippen molar-refractivity contribution in [3.8, 4) is 5.75 Å². The quantitative estimate of drug-likeness (QED) is 0.632. The van der Waals surface area contributed by atoms with Gasteiger partial charge < -0.3 is 9.47 Å². The standard InChI is InChI=1S/C13H10O3/c1-8-15-12-7-10-5-3-2-4-9(10)6-11(12)13(14)16-8/h2-8H,1H3. The second kappa shape index (κ2) is 3.23. The zero-order valence-corrected chi connectivity index (χ0v) is 8.77. The minimum absolute atomic E-state index is 0.320. The molecule has 0 aliphatic carbocycles. The normalized spacial score (nSPS) is 18.8. The van der Waals surface area contributed by atoms with Crippen LogP contribution in [0.25, 0.3) is 10.8 Å². The first-order valence-electron chi connectivity index (χ1n) is 5.14. The minimum Gasteiger partial charge on any atom is -0.454 e. The summed E-state index contributed by atoms with van der Waals surface area (Å²) in [7, 11) is 0. The number of carbonyl (C=O) groups is 1. The highest BCUT2D eigenvalue weighted by Crippen LogP contribution is 2.30. The largest absolute Gasteiger partial charge is 0.454 e. The van der Waals surface area contributed by atoms with Gasteiger partial charge in [-0.05, 0) is 22.9 Å². The van der Waals surface area contributed by atoms with E-state index in [4.69, 9.17) is 9.47 Å². The molecule has 3 nitrogen and oxygen atoms in total. The number of fused-ring (bicyclic) bond motifs is 2. The maximum atomic E-state index is 11.6. The van der Waals surface area contributed by atoms with Crippen molar-refractivity contribution in [3.05, 3.63) is 42.0 Å². The summed E-state index contributed by atoms with van der Waals surface area (Å²) in [5.41, 5.74) is 0.497. The van der Waals surface area contributed by atoms with Crippen molar-refractivity contribution in [1.29, 1.82) is 0 Å². The van der Waals surface area contributed by atoms with E-state index < -0.39 is 6.29 Å². The van der Waals surface area contributed by atoms with Gasteiger partial charge >= 0.3 is 5.97 Å². The second-order valence-electron chi connectivity index (χ2n) is 3.79. The van der Waals surface area contributed by atoms with Crippen molar-refractivity contribution in [1.82, 2.24) is 0 Å². The predicted molar refractivity (Wildman–Crippen MR) is 59.5 cm³/mol. The Morgan fingerprint density at radius 2 is 1.75 bits per heavy atom. The third-order valence-corrected chi connectivity index (χ3v) is 2.63. The van der Waals surface area contributed by atoms with E-state index >= 15 is 0 Å². The summed E-state index contributed by atoms with van der Waals surface area (Å²) < 4.78 is 10.5. The lowest BCUT2D eigenvalue weighted by Gasteiger charge is -2.23. The lowest BCUT2D eigenvalue weighted by Crippen LogP contribution is -2.27. The molecular weight excluding hydrogens is 204 g/mol. The van der Waals surface area contributed by atoms with Crippen LogP contribution in [-0.2, 0) is 4.74 Å². The molecule has 2 aromatic rings. The van der Waals surface area contributed by atoms with Gasteiger partial charge in [0.2, 0.25) is 6.29 Å². The number of esters is 1. The molecule has 0 amide bonds. The smallest absolute Gasteiger partial charge is 0.345 e. The molecule has 0 saturated carbocycles. The van der Waals surface area contributed by atoms with Crippen LogP contribution in [-0.4, -0.2) is 12.3 Å². The van der Waals surface area contributed by atoms with Gasteiger partial charge in [0.05, 0.1) is 0 Å². The van der Waals surface area contributed by atoms with E-state index in [0.717, 1.165) is 10.8 Å². The zero-order valence-electron chi connectivity index (χ0n) is 8.77. The van der Waals surface area contributed by atoms with E-state index in [-0.39, 0.29) is 5.97 Å². The first-order chi connectivity index (χ1) is 7.74. The highest BCUT2D eigenvalue weighted by molar-refractivity contribution is 5.99. The molecule has 1 atom stereocenters. The summed E-state index contributed by atoms with van der Waals surface area (Å²) in [5, 5.41) is 2.07. The van der Waals surface area contributed by atoms with Gasteiger partial charge in [0.25, 0.3) is 0 Å². The van der Waals surface area contributed by atoms with E-state index in [0.29, 0.717) is 11.3 Å². The summed E-state index contributed by atoms with van der Waals surface area (Å²) in [4.78, 5) is 11.6. The first kappa shape index (κ1) is 9.21. The topological polar surface area (TPSA) is 35.5 Å². The first-order valence-corrected chi connectivity index (χ1v) is 5.14. The average Bonchev–Trinajstić information content (AvgIpc) is 2.27. The van der Waals surface area contributed by atoms with Gasteiger partial charge in [-0.3, -0.25) is 0 Å². The number of rotatable bonds is 0. The summed E-state index contributed by atoms with van der Waals surface area (Å²) in [6.45, 7) is 1.70. The fraction of sp³-hybridized carbons (Fsp3) is 0.154. The molecule has 2 aromatic carbocycles. The minimum atomic E-state index is -0.513. The zero-order chi connectivity index (χ0) is 11.1. The Labute approximate surface area is 92.6 Å². The van der Waals surface area contributed by atoms with Crippen LogP contribution >= 0.6 is 0 Å². The molecule has 0 N–H and O–H groups in total. The number of ether oxygens (including phenoxy) is 2. The van der Waals surface area contributed by atoms with Gasteiger partial charge in [0.15, 0.2) is 0 Å². The molecule has 0 fully saturated rings. The highest BCUT2D eigenvalue weighted by atomic mass is 16.7. The van der Waals surface area contributed by atoms with E-state index in [1.807, 2.05) is 30.3 Å². The second-order valence-corrected chi connectivity index (χ2v) is 3.79. The SMILES string of the molecule is CC1OC(=O)c2cc3ccccc3cc2O1. The van der Waals surface area contributed by atoms with E-state index in [1.165, 1.54) is 0 Å². The Balaban J connectivity index is 2.26. The van der Waals surface area contributed by atoms with Crippen molar-refractivity contribution in [2.45, 2.75) is 13.2 Å². The number of carbonyl (C=O) groups excluding carboxylic acids is 1. The lowest BCUT2D eigenvalue weighted by molar-refractivity contribution is -0.0487. The van der Waals surface area contributed by atoms with Crippen molar-refractivity contribution in [3.63, 3.8) is 0 Å². The Bertz CT molecular complexity index is 574. The van der Waals surface area contributed by atoms with Crippen molar-refractivity contribution < 1.29 is 14.3 Å². The van der Waals surface area contributed by atoms with Crippen LogP contribution in [0.1, 0.15) is 17.3 Å². The molecule has 0 spiro atoms. The third kappa shape index (κ3) is 1.33. The molecule has 0 radical (unpaired) electrons. The third-order valence-electron chi connectivity index (χ3n) is 2.63. The van der Waals surface area contributed by atoms with Crippen molar-refractivity contribution in [2.24, 2.45) is 0 Å². The molecule has 0 saturated heterocycles. The molecule has 3 rings (SSSR count). The predicted octanol–water partition coefficient (Wildman–Crippen LogP) is 2.74. The molecule has 0 aromatic heterocycles. The summed E-state index contributed by atoms with van der Waals surface area (Å²) >= 11 is 0. The molecular formula is C13H10O3. The summed E-state index contributed by atoms with van der Waals surface area (Å²) in [6, 6.07) is 11.5. The number of benzene rings is 2. The highest BCUT2D eigenvalue weighted by Gasteiger charge is 2.24. The fourth-order valence-electron chi connectivity index (χ4n) is 1.89. The monoisotopic (exact) mass is 214 g/mol. The Morgan fingerprint density at radius 1 is 1.06 bits per heavy atom. The van der Waals surface area contributed by atoms with Gasteiger partial charge in [0, 0.05) is 6.92 Å². The van der Waals surface area contributed by atoms with Gasteiger partial charge in [-0.15, -0.1) is 0 Å². The molecule has 0 bridgehead atoms. The van der Waals surface area contributed by atoms with Crippen LogP contribution in [0.15, 0.2) is 36.4 Å². The van der Waals surface area contributed by atoms with Gasteiger partial charge in [0.1, 0.15) is 11.3 Å².